The number of halogens is 3. The molecular weight excluding hydrogens is 247 g/mol. The summed E-state index contributed by atoms with van der Waals surface area (Å²) in [5.41, 5.74) is -0.263. The topological polar surface area (TPSA) is 39.2 Å². The molecule has 1 aliphatic carbocycles. The highest BCUT2D eigenvalue weighted by Gasteiger charge is 2.45. The predicted octanol–water partition coefficient (Wildman–Crippen LogP) is 2.77. The molecule has 3 nitrogen and oxygen atoms in total. The van der Waals surface area contributed by atoms with E-state index in [9.17, 15) is 18.0 Å². The molecule has 0 bridgehead atoms. The Morgan fingerprint density at radius 3 is 2.72 bits per heavy atom. The molecule has 18 heavy (non-hydrogen) atoms. The minimum Gasteiger partial charge on any atom is -0.466 e. The highest BCUT2D eigenvalue weighted by Crippen LogP contribution is 2.48. The van der Waals surface area contributed by atoms with Crippen LogP contribution in [0.4, 0.5) is 13.2 Å². The number of pyridine rings is 1. The minimum absolute atomic E-state index is 0.0566. The maximum absolute atomic E-state index is 12.3. The quantitative estimate of drug-likeness (QED) is 0.783. The molecular formula is C12H12F3NO2. The number of ether oxygens (including phenoxy) is 1. The summed E-state index contributed by atoms with van der Waals surface area (Å²) >= 11 is 0. The van der Waals surface area contributed by atoms with Crippen LogP contribution in [0.2, 0.25) is 0 Å². The summed E-state index contributed by atoms with van der Waals surface area (Å²) in [5, 5.41) is 0. The van der Waals surface area contributed by atoms with Gasteiger partial charge in [-0.05, 0) is 30.9 Å². The van der Waals surface area contributed by atoms with Gasteiger partial charge in [-0.25, -0.2) is 0 Å². The number of hydrogen-bond donors (Lipinski definition) is 0. The Labute approximate surface area is 102 Å². The van der Waals surface area contributed by atoms with E-state index in [2.05, 4.69) is 4.98 Å². The third-order valence-electron chi connectivity index (χ3n) is 2.88. The molecule has 0 aliphatic heterocycles. The summed E-state index contributed by atoms with van der Waals surface area (Å²) < 4.78 is 41.8. The first kappa shape index (κ1) is 12.9. The lowest BCUT2D eigenvalue weighted by atomic mass is 10.1. The van der Waals surface area contributed by atoms with Crippen molar-refractivity contribution in [3.8, 4) is 0 Å². The summed E-state index contributed by atoms with van der Waals surface area (Å²) in [5.74, 6) is -0.579. The second-order valence-corrected chi connectivity index (χ2v) is 4.18. The molecule has 0 radical (unpaired) electrons. The number of rotatable bonds is 3. The number of hydrogen-bond acceptors (Lipinski definition) is 3. The molecule has 2 atom stereocenters. The Hall–Kier alpha value is -1.59. The van der Waals surface area contributed by atoms with Crippen molar-refractivity contribution in [1.29, 1.82) is 0 Å². The Morgan fingerprint density at radius 1 is 1.50 bits per heavy atom. The first-order chi connectivity index (χ1) is 8.43. The largest absolute Gasteiger partial charge is 0.466 e. The lowest BCUT2D eigenvalue weighted by molar-refractivity contribution is -0.145. The smallest absolute Gasteiger partial charge is 0.433 e. The first-order valence-electron chi connectivity index (χ1n) is 5.63. The standard InChI is InChI=1S/C12H12F3NO2/c1-2-18-11(17)9-5-8(9)7-3-4-10(16-6-7)12(13,14)15/h3-4,6,8-9H,2,5H2,1H3/t8-,9+/m0/s1. The number of nitrogens with zero attached hydrogens (tertiary/aromatic N) is 1. The second kappa shape index (κ2) is 4.59. The zero-order valence-corrected chi connectivity index (χ0v) is 9.70. The van der Waals surface area contributed by atoms with Gasteiger partial charge in [0.1, 0.15) is 5.69 Å². The van der Waals surface area contributed by atoms with Crippen molar-refractivity contribution in [3.63, 3.8) is 0 Å². The zero-order chi connectivity index (χ0) is 13.3. The van der Waals surface area contributed by atoms with Gasteiger partial charge in [-0.2, -0.15) is 13.2 Å². The van der Waals surface area contributed by atoms with E-state index >= 15 is 0 Å². The molecule has 0 N–H and O–H groups in total. The van der Waals surface area contributed by atoms with E-state index < -0.39 is 11.9 Å². The summed E-state index contributed by atoms with van der Waals surface area (Å²) in [4.78, 5) is 14.8. The molecule has 98 valence electrons. The van der Waals surface area contributed by atoms with Crippen molar-refractivity contribution < 1.29 is 22.7 Å². The molecule has 1 heterocycles. The molecule has 6 heteroatoms. The molecule has 1 fully saturated rings. The molecule has 0 unspecified atom stereocenters. The summed E-state index contributed by atoms with van der Waals surface area (Å²) in [7, 11) is 0. The van der Waals surface area contributed by atoms with Gasteiger partial charge in [0, 0.05) is 6.20 Å². The van der Waals surface area contributed by atoms with Crippen LogP contribution in [0.15, 0.2) is 18.3 Å². The highest BCUT2D eigenvalue weighted by molar-refractivity contribution is 5.77. The van der Waals surface area contributed by atoms with Crippen LogP contribution in [0.25, 0.3) is 0 Å². The lowest BCUT2D eigenvalue weighted by Crippen LogP contribution is -2.09. The Kier molecular flexibility index (Phi) is 3.28. The molecule has 1 aliphatic rings. The van der Waals surface area contributed by atoms with Crippen LogP contribution < -0.4 is 0 Å². The van der Waals surface area contributed by atoms with Gasteiger partial charge in [-0.15, -0.1) is 0 Å². The molecule has 0 saturated heterocycles. The fourth-order valence-corrected chi connectivity index (χ4v) is 1.87. The van der Waals surface area contributed by atoms with Crippen molar-refractivity contribution in [3.05, 3.63) is 29.6 Å². The molecule has 1 aromatic heterocycles. The summed E-state index contributed by atoms with van der Waals surface area (Å²) in [6, 6.07) is 2.32. The van der Waals surface area contributed by atoms with Gasteiger partial charge in [-0.3, -0.25) is 9.78 Å². The van der Waals surface area contributed by atoms with E-state index in [1.807, 2.05) is 0 Å². The van der Waals surface area contributed by atoms with Crippen LogP contribution in [-0.4, -0.2) is 17.6 Å². The lowest BCUT2D eigenvalue weighted by Gasteiger charge is -2.06. The molecule has 0 amide bonds. The van der Waals surface area contributed by atoms with E-state index in [-0.39, 0.29) is 17.8 Å². The van der Waals surface area contributed by atoms with E-state index in [1.54, 1.807) is 6.92 Å². The molecule has 0 aromatic carbocycles. The van der Waals surface area contributed by atoms with Crippen LogP contribution in [0.1, 0.15) is 30.5 Å². The average molecular weight is 259 g/mol. The second-order valence-electron chi connectivity index (χ2n) is 4.18. The summed E-state index contributed by atoms with van der Waals surface area (Å²) in [6.07, 6.45) is -2.62. The van der Waals surface area contributed by atoms with E-state index in [0.717, 1.165) is 6.07 Å². The van der Waals surface area contributed by atoms with Gasteiger partial charge in [-0.1, -0.05) is 6.07 Å². The average Bonchev–Trinajstić information content (AvgIpc) is 3.08. The molecule has 0 spiro atoms. The fourth-order valence-electron chi connectivity index (χ4n) is 1.87. The van der Waals surface area contributed by atoms with Gasteiger partial charge in [0.15, 0.2) is 0 Å². The molecule has 1 aromatic rings. The predicted molar refractivity (Wildman–Crippen MR) is 56.7 cm³/mol. The van der Waals surface area contributed by atoms with Crippen LogP contribution >= 0.6 is 0 Å². The Bertz CT molecular complexity index is 442. The number of alkyl halides is 3. The normalized spacial score (nSPS) is 22.7. The fraction of sp³-hybridized carbons (Fsp3) is 0.500. The first-order valence-corrected chi connectivity index (χ1v) is 5.63. The van der Waals surface area contributed by atoms with E-state index in [4.69, 9.17) is 4.74 Å². The van der Waals surface area contributed by atoms with Gasteiger partial charge in [0.2, 0.25) is 0 Å². The van der Waals surface area contributed by atoms with Crippen molar-refractivity contribution >= 4 is 5.97 Å². The number of carbonyl (C=O) groups is 1. The number of esters is 1. The molecule has 2 rings (SSSR count). The van der Waals surface area contributed by atoms with E-state index in [1.165, 1.54) is 12.3 Å². The monoisotopic (exact) mass is 259 g/mol. The van der Waals surface area contributed by atoms with Crippen molar-refractivity contribution in [2.24, 2.45) is 5.92 Å². The van der Waals surface area contributed by atoms with Crippen LogP contribution in [0, 0.1) is 5.92 Å². The third-order valence-corrected chi connectivity index (χ3v) is 2.88. The van der Waals surface area contributed by atoms with Crippen LogP contribution in [0.3, 0.4) is 0 Å². The SMILES string of the molecule is CCOC(=O)[C@@H]1C[C@H]1c1ccc(C(F)(F)F)nc1. The maximum Gasteiger partial charge on any atom is 0.433 e. The zero-order valence-electron chi connectivity index (χ0n) is 9.70. The third kappa shape index (κ3) is 2.63. The van der Waals surface area contributed by atoms with Crippen molar-refractivity contribution in [1.82, 2.24) is 4.98 Å². The van der Waals surface area contributed by atoms with Gasteiger partial charge >= 0.3 is 12.1 Å². The van der Waals surface area contributed by atoms with Gasteiger partial charge < -0.3 is 4.74 Å². The van der Waals surface area contributed by atoms with E-state index in [0.29, 0.717) is 18.6 Å². The van der Waals surface area contributed by atoms with Crippen LogP contribution in [0.5, 0.6) is 0 Å². The van der Waals surface area contributed by atoms with Crippen molar-refractivity contribution in [2.45, 2.75) is 25.4 Å². The van der Waals surface area contributed by atoms with Gasteiger partial charge in [0.05, 0.1) is 12.5 Å². The highest BCUT2D eigenvalue weighted by atomic mass is 19.4. The Morgan fingerprint density at radius 2 is 2.22 bits per heavy atom. The minimum atomic E-state index is -4.43. The maximum atomic E-state index is 12.3. The van der Waals surface area contributed by atoms with Crippen molar-refractivity contribution in [2.75, 3.05) is 6.61 Å². The number of aromatic nitrogens is 1. The van der Waals surface area contributed by atoms with Crippen LogP contribution in [-0.2, 0) is 15.7 Å². The summed E-state index contributed by atoms with van der Waals surface area (Å²) in [6.45, 7) is 2.03. The number of carbonyl (C=O) groups excluding carboxylic acids is 1. The molecule has 1 saturated carbocycles. The Balaban J connectivity index is 2.03. The van der Waals surface area contributed by atoms with Gasteiger partial charge in [0.25, 0.3) is 0 Å².